The van der Waals surface area contributed by atoms with Gasteiger partial charge in [-0.3, -0.25) is 24.1 Å². The van der Waals surface area contributed by atoms with Crippen molar-refractivity contribution >= 4 is 45.7 Å². The summed E-state index contributed by atoms with van der Waals surface area (Å²) in [5.41, 5.74) is 0.346. The second kappa shape index (κ2) is 10.7. The summed E-state index contributed by atoms with van der Waals surface area (Å²) in [6.45, 7) is -0.0279. The van der Waals surface area contributed by atoms with E-state index in [1.165, 1.54) is 28.4 Å². The molecule has 1 aliphatic heterocycles. The molecule has 192 valence electrons. The van der Waals surface area contributed by atoms with E-state index in [0.29, 0.717) is 33.6 Å². The first-order chi connectivity index (χ1) is 17.8. The van der Waals surface area contributed by atoms with Gasteiger partial charge in [-0.05, 0) is 41.6 Å². The van der Waals surface area contributed by atoms with E-state index in [-0.39, 0.29) is 29.2 Å². The first kappa shape index (κ1) is 25.8. The van der Waals surface area contributed by atoms with Crippen LogP contribution in [-0.4, -0.2) is 66.2 Å². The highest BCUT2D eigenvalue weighted by atomic mass is 32.2. The van der Waals surface area contributed by atoms with Crippen LogP contribution in [0.2, 0.25) is 0 Å². The fourth-order valence-electron chi connectivity index (χ4n) is 3.86. The van der Waals surface area contributed by atoms with Crippen LogP contribution >= 0.6 is 11.8 Å². The van der Waals surface area contributed by atoms with Gasteiger partial charge in [0.05, 0.1) is 31.6 Å². The Morgan fingerprint density at radius 2 is 1.68 bits per heavy atom. The van der Waals surface area contributed by atoms with Crippen molar-refractivity contribution in [3.8, 4) is 17.2 Å². The zero-order valence-electron chi connectivity index (χ0n) is 20.6. The number of amides is 3. The van der Waals surface area contributed by atoms with E-state index < -0.39 is 17.1 Å². The maximum atomic E-state index is 12.9. The maximum absolute atomic E-state index is 12.9. The molecule has 0 spiro atoms. The first-order valence-corrected chi connectivity index (χ1v) is 11.9. The number of methoxy groups -OCH3 is 3. The Hall–Kier alpha value is -4.32. The Bertz CT molecular complexity index is 1470. The minimum absolute atomic E-state index is 0.00713. The minimum atomic E-state index is -0.522. The van der Waals surface area contributed by atoms with Gasteiger partial charge < -0.3 is 19.5 Å². The molecule has 37 heavy (non-hydrogen) atoms. The molecule has 0 radical (unpaired) electrons. The molecule has 2 aromatic carbocycles. The van der Waals surface area contributed by atoms with Gasteiger partial charge in [0, 0.05) is 25.5 Å². The molecule has 1 fully saturated rings. The smallest absolute Gasteiger partial charge is 0.293 e. The Kier molecular flexibility index (Phi) is 7.48. The third kappa shape index (κ3) is 5.00. The van der Waals surface area contributed by atoms with Crippen molar-refractivity contribution < 1.29 is 28.6 Å². The Morgan fingerprint density at radius 1 is 1.03 bits per heavy atom. The van der Waals surface area contributed by atoms with E-state index in [0.717, 1.165) is 21.3 Å². The van der Waals surface area contributed by atoms with Crippen LogP contribution < -0.4 is 25.1 Å². The zero-order valence-corrected chi connectivity index (χ0v) is 21.4. The number of nitrogens with one attached hydrogen (secondary N) is 1. The molecular formula is C25H24N4O7S. The molecule has 12 heteroatoms. The topological polar surface area (TPSA) is 129 Å². The average Bonchev–Trinajstić information content (AvgIpc) is 3.17. The number of aryl methyl sites for hydroxylation is 1. The summed E-state index contributed by atoms with van der Waals surface area (Å²) in [5.74, 6) is 0.228. The number of hydrogen-bond acceptors (Lipinski definition) is 9. The monoisotopic (exact) mass is 524 g/mol. The number of aromatic nitrogens is 2. The van der Waals surface area contributed by atoms with Gasteiger partial charge in [0.25, 0.3) is 22.6 Å². The number of carbonyl (C=O) groups is 3. The van der Waals surface area contributed by atoms with Crippen molar-refractivity contribution in [2.24, 2.45) is 7.05 Å². The first-order valence-electron chi connectivity index (χ1n) is 11.1. The van der Waals surface area contributed by atoms with E-state index in [1.807, 2.05) is 0 Å². The van der Waals surface area contributed by atoms with Crippen molar-refractivity contribution in [1.82, 2.24) is 20.0 Å². The molecule has 0 aliphatic carbocycles. The quantitative estimate of drug-likeness (QED) is 0.442. The van der Waals surface area contributed by atoms with E-state index in [2.05, 4.69) is 10.4 Å². The van der Waals surface area contributed by atoms with Gasteiger partial charge in [0.1, 0.15) is 0 Å². The molecule has 3 amide bonds. The number of rotatable bonds is 8. The van der Waals surface area contributed by atoms with Crippen LogP contribution in [0.4, 0.5) is 4.79 Å². The number of thioether (sulfide) groups is 1. The normalized spacial score (nSPS) is 14.4. The van der Waals surface area contributed by atoms with Gasteiger partial charge in [0.15, 0.2) is 17.2 Å². The lowest BCUT2D eigenvalue weighted by Gasteiger charge is -2.14. The lowest BCUT2D eigenvalue weighted by Crippen LogP contribution is -2.38. The largest absolute Gasteiger partial charge is 0.493 e. The number of benzene rings is 2. The summed E-state index contributed by atoms with van der Waals surface area (Å²) in [6.07, 6.45) is 1.56. The van der Waals surface area contributed by atoms with Gasteiger partial charge in [-0.1, -0.05) is 18.2 Å². The molecule has 1 saturated heterocycles. The molecule has 0 bridgehead atoms. The van der Waals surface area contributed by atoms with E-state index in [4.69, 9.17) is 14.2 Å². The molecule has 1 aliphatic rings. The van der Waals surface area contributed by atoms with Crippen LogP contribution in [0, 0.1) is 0 Å². The van der Waals surface area contributed by atoms with Crippen LogP contribution in [0.25, 0.3) is 16.8 Å². The van der Waals surface area contributed by atoms with Gasteiger partial charge in [0.2, 0.25) is 5.75 Å². The van der Waals surface area contributed by atoms with Crippen molar-refractivity contribution in [2.45, 2.75) is 0 Å². The number of ether oxygens (including phenoxy) is 3. The van der Waals surface area contributed by atoms with Crippen molar-refractivity contribution in [3.05, 3.63) is 62.9 Å². The number of fused-ring (bicyclic) bond motifs is 1. The average molecular weight is 525 g/mol. The molecule has 1 N–H and O–H groups in total. The van der Waals surface area contributed by atoms with Crippen molar-refractivity contribution in [3.63, 3.8) is 0 Å². The van der Waals surface area contributed by atoms with Crippen LogP contribution in [0.3, 0.4) is 0 Å². The molecule has 0 saturated carbocycles. The molecule has 2 heterocycles. The molecular weight excluding hydrogens is 500 g/mol. The van der Waals surface area contributed by atoms with Gasteiger partial charge >= 0.3 is 0 Å². The SMILES string of the molecule is COc1cc(C=C2SC(=O)N(CCNC(=O)c3nn(C)c(=O)c4ccccc34)C2=O)cc(OC)c1OC. The highest BCUT2D eigenvalue weighted by Gasteiger charge is 2.35. The lowest BCUT2D eigenvalue weighted by atomic mass is 10.1. The zero-order chi connectivity index (χ0) is 26.7. The molecule has 11 nitrogen and oxygen atoms in total. The van der Waals surface area contributed by atoms with Gasteiger partial charge in [-0.2, -0.15) is 5.10 Å². The minimum Gasteiger partial charge on any atom is -0.493 e. The number of carbonyl (C=O) groups excluding carboxylic acids is 3. The third-order valence-corrected chi connectivity index (χ3v) is 6.56. The summed E-state index contributed by atoms with van der Waals surface area (Å²) < 4.78 is 17.1. The summed E-state index contributed by atoms with van der Waals surface area (Å²) >= 11 is 0.797. The summed E-state index contributed by atoms with van der Waals surface area (Å²) in [5, 5.41) is 7.09. The van der Waals surface area contributed by atoms with Gasteiger partial charge in [-0.25, -0.2) is 4.68 Å². The lowest BCUT2D eigenvalue weighted by molar-refractivity contribution is -0.122. The Balaban J connectivity index is 1.47. The molecule has 0 unspecified atom stereocenters. The fraction of sp³-hybridized carbons (Fsp3) is 0.240. The summed E-state index contributed by atoms with van der Waals surface area (Å²) in [6, 6.07) is 10.0. The van der Waals surface area contributed by atoms with E-state index in [9.17, 15) is 19.2 Å². The predicted molar refractivity (Wildman–Crippen MR) is 138 cm³/mol. The predicted octanol–water partition coefficient (Wildman–Crippen LogP) is 2.43. The standard InChI is InChI=1S/C25H24N4O7S/c1-28-23(31)16-8-6-5-7-15(16)20(27-28)22(30)26-9-10-29-24(32)19(37-25(29)33)13-14-11-17(34-2)21(36-4)18(12-14)35-3/h5-8,11-13H,9-10H2,1-4H3,(H,26,30). The van der Waals surface area contributed by atoms with Crippen LogP contribution in [-0.2, 0) is 11.8 Å². The second-order valence-electron chi connectivity index (χ2n) is 7.87. The molecule has 0 atom stereocenters. The van der Waals surface area contributed by atoms with E-state index in [1.54, 1.807) is 42.5 Å². The second-order valence-corrected chi connectivity index (χ2v) is 8.86. The summed E-state index contributed by atoms with van der Waals surface area (Å²) in [7, 11) is 5.92. The van der Waals surface area contributed by atoms with E-state index >= 15 is 0 Å². The number of hydrogen-bond donors (Lipinski definition) is 1. The molecule has 1 aromatic heterocycles. The van der Waals surface area contributed by atoms with Crippen molar-refractivity contribution in [2.75, 3.05) is 34.4 Å². The Morgan fingerprint density at radius 3 is 2.30 bits per heavy atom. The third-order valence-electron chi connectivity index (χ3n) is 5.65. The number of nitrogens with zero attached hydrogens (tertiary/aromatic N) is 3. The van der Waals surface area contributed by atoms with Gasteiger partial charge in [-0.15, -0.1) is 0 Å². The highest BCUT2D eigenvalue weighted by molar-refractivity contribution is 8.18. The maximum Gasteiger partial charge on any atom is 0.293 e. The fourth-order valence-corrected chi connectivity index (χ4v) is 4.73. The Labute approximate surface area is 216 Å². The summed E-state index contributed by atoms with van der Waals surface area (Å²) in [4.78, 5) is 51.8. The highest BCUT2D eigenvalue weighted by Crippen LogP contribution is 2.40. The van der Waals surface area contributed by atoms with Crippen LogP contribution in [0.1, 0.15) is 16.1 Å². The number of imide groups is 1. The molecule has 3 aromatic rings. The molecule has 4 rings (SSSR count). The van der Waals surface area contributed by atoms with Crippen LogP contribution in [0.15, 0.2) is 46.1 Å². The van der Waals surface area contributed by atoms with Crippen LogP contribution in [0.5, 0.6) is 17.2 Å². The van der Waals surface area contributed by atoms with Crippen molar-refractivity contribution in [1.29, 1.82) is 0 Å².